The van der Waals surface area contributed by atoms with Gasteiger partial charge in [0, 0.05) is 5.56 Å². The van der Waals surface area contributed by atoms with E-state index in [-0.39, 0.29) is 5.82 Å². The number of hydrogen-bond acceptors (Lipinski definition) is 1. The van der Waals surface area contributed by atoms with Crippen molar-refractivity contribution in [1.29, 1.82) is 0 Å². The minimum absolute atomic E-state index is 0.303. The number of halogens is 1. The Balaban J connectivity index is 1.91. The Kier molecular flexibility index (Phi) is 11.9. The highest BCUT2D eigenvalue weighted by molar-refractivity contribution is 5.37. The molecule has 0 spiro atoms. The van der Waals surface area contributed by atoms with Crippen LogP contribution in [0, 0.1) is 18.2 Å². The van der Waals surface area contributed by atoms with Gasteiger partial charge in [0.2, 0.25) is 0 Å². The molecule has 1 aromatic rings. The maximum Gasteiger partial charge on any atom is 0.166 e. The van der Waals surface area contributed by atoms with E-state index >= 15 is 0 Å². The molecule has 0 aliphatic rings. The number of hydrogen-bond donors (Lipinski definition) is 0. The molecule has 0 aliphatic carbocycles. The molecule has 0 N–H and O–H groups in total. The Bertz CT molecular complexity index is 475. The van der Waals surface area contributed by atoms with Crippen LogP contribution in [0.2, 0.25) is 0 Å². The predicted octanol–water partition coefficient (Wildman–Crippen LogP) is 6.89. The third-order valence-corrected chi connectivity index (χ3v) is 4.35. The lowest BCUT2D eigenvalue weighted by atomic mass is 10.1. The molecule has 0 unspecified atom stereocenters. The SMILES string of the molecule is C#Cc1ccc(OCCCCCCCCCCCCCC)c(F)c1. The fourth-order valence-corrected chi connectivity index (χ4v) is 2.83. The van der Waals surface area contributed by atoms with E-state index in [1.807, 2.05) is 0 Å². The molecule has 0 saturated heterocycles. The van der Waals surface area contributed by atoms with Crippen LogP contribution in [0.25, 0.3) is 0 Å². The van der Waals surface area contributed by atoms with Gasteiger partial charge in [0.1, 0.15) is 0 Å². The van der Waals surface area contributed by atoms with Crippen molar-refractivity contribution in [2.45, 2.75) is 84.0 Å². The summed E-state index contributed by atoms with van der Waals surface area (Å²) in [6.07, 6.45) is 21.0. The lowest BCUT2D eigenvalue weighted by Crippen LogP contribution is -1.99. The van der Waals surface area contributed by atoms with Crippen LogP contribution in [0.5, 0.6) is 5.75 Å². The average Bonchev–Trinajstić information content (AvgIpc) is 2.60. The molecule has 0 bridgehead atoms. The second kappa shape index (κ2) is 13.9. The molecule has 0 atom stereocenters. The number of benzene rings is 1. The van der Waals surface area contributed by atoms with Crippen LogP contribution in [-0.2, 0) is 0 Å². The smallest absolute Gasteiger partial charge is 0.166 e. The highest BCUT2D eigenvalue weighted by Crippen LogP contribution is 2.18. The zero-order valence-electron chi connectivity index (χ0n) is 15.3. The maximum absolute atomic E-state index is 13.7. The summed E-state index contributed by atoms with van der Waals surface area (Å²) in [5.74, 6) is 2.35. The van der Waals surface area contributed by atoms with Gasteiger partial charge in [-0.3, -0.25) is 0 Å². The van der Waals surface area contributed by atoms with Gasteiger partial charge < -0.3 is 4.74 Å². The van der Waals surface area contributed by atoms with Gasteiger partial charge in [-0.15, -0.1) is 6.42 Å². The zero-order chi connectivity index (χ0) is 17.5. The molecule has 1 aromatic carbocycles. The van der Waals surface area contributed by atoms with Gasteiger partial charge in [0.25, 0.3) is 0 Å². The zero-order valence-corrected chi connectivity index (χ0v) is 15.3. The molecule has 1 rings (SSSR count). The van der Waals surface area contributed by atoms with Crippen molar-refractivity contribution in [3.8, 4) is 18.1 Å². The summed E-state index contributed by atoms with van der Waals surface area (Å²) in [5.41, 5.74) is 0.546. The molecule has 0 amide bonds. The van der Waals surface area contributed by atoms with Gasteiger partial charge >= 0.3 is 0 Å². The van der Waals surface area contributed by atoms with Crippen molar-refractivity contribution >= 4 is 0 Å². The van der Waals surface area contributed by atoms with Crippen molar-refractivity contribution in [3.05, 3.63) is 29.6 Å². The van der Waals surface area contributed by atoms with Gasteiger partial charge in [-0.25, -0.2) is 4.39 Å². The quantitative estimate of drug-likeness (QED) is 0.266. The van der Waals surface area contributed by atoms with Crippen molar-refractivity contribution < 1.29 is 9.13 Å². The summed E-state index contributed by atoms with van der Waals surface area (Å²) in [5, 5.41) is 0. The van der Waals surface area contributed by atoms with E-state index in [0.717, 1.165) is 12.8 Å². The topological polar surface area (TPSA) is 9.23 Å². The fraction of sp³-hybridized carbons (Fsp3) is 0.636. The number of unbranched alkanes of at least 4 members (excludes halogenated alkanes) is 11. The molecule has 2 heteroatoms. The van der Waals surface area contributed by atoms with Crippen LogP contribution < -0.4 is 4.74 Å². The first-order chi connectivity index (χ1) is 11.8. The number of terminal acetylenes is 1. The lowest BCUT2D eigenvalue weighted by molar-refractivity contribution is 0.290. The van der Waals surface area contributed by atoms with E-state index in [1.165, 1.54) is 70.3 Å². The van der Waals surface area contributed by atoms with E-state index < -0.39 is 0 Å². The summed E-state index contributed by atoms with van der Waals surface area (Å²) in [6, 6.07) is 4.67. The molecule has 134 valence electrons. The van der Waals surface area contributed by atoms with Crippen LogP contribution in [0.3, 0.4) is 0 Å². The summed E-state index contributed by atoms with van der Waals surface area (Å²) < 4.78 is 19.1. The molecule has 0 aliphatic heterocycles. The predicted molar refractivity (Wildman–Crippen MR) is 101 cm³/mol. The van der Waals surface area contributed by atoms with Crippen molar-refractivity contribution in [1.82, 2.24) is 0 Å². The molecular formula is C22H33FO. The highest BCUT2D eigenvalue weighted by atomic mass is 19.1. The Labute approximate surface area is 148 Å². The molecule has 0 aromatic heterocycles. The lowest BCUT2D eigenvalue weighted by Gasteiger charge is -2.07. The van der Waals surface area contributed by atoms with Crippen LogP contribution in [-0.4, -0.2) is 6.61 Å². The molecule has 0 heterocycles. The van der Waals surface area contributed by atoms with Crippen LogP contribution in [0.15, 0.2) is 18.2 Å². The fourth-order valence-electron chi connectivity index (χ4n) is 2.83. The summed E-state index contributed by atoms with van der Waals surface area (Å²) in [6.45, 7) is 2.83. The van der Waals surface area contributed by atoms with E-state index in [1.54, 1.807) is 12.1 Å². The standard InChI is InChI=1S/C22H33FO/c1-3-5-6-7-8-9-10-11-12-13-14-15-18-24-22-17-16-20(4-2)19-21(22)23/h2,16-17,19H,3,5-15,18H2,1H3. The van der Waals surface area contributed by atoms with E-state index in [9.17, 15) is 4.39 Å². The normalized spacial score (nSPS) is 10.5. The minimum atomic E-state index is -0.371. The van der Waals surface area contributed by atoms with Crippen molar-refractivity contribution in [2.75, 3.05) is 6.61 Å². The second-order valence-corrected chi connectivity index (χ2v) is 6.53. The molecule has 0 saturated carbocycles. The molecular weight excluding hydrogens is 299 g/mol. The van der Waals surface area contributed by atoms with Gasteiger partial charge in [0.15, 0.2) is 11.6 Å². The van der Waals surface area contributed by atoms with Crippen molar-refractivity contribution in [3.63, 3.8) is 0 Å². The monoisotopic (exact) mass is 332 g/mol. The second-order valence-electron chi connectivity index (χ2n) is 6.53. The van der Waals surface area contributed by atoms with E-state index in [4.69, 9.17) is 11.2 Å². The first-order valence-electron chi connectivity index (χ1n) is 9.67. The first-order valence-corrected chi connectivity index (χ1v) is 9.67. The minimum Gasteiger partial charge on any atom is -0.491 e. The number of ether oxygens (including phenoxy) is 1. The van der Waals surface area contributed by atoms with Gasteiger partial charge in [-0.2, -0.15) is 0 Å². The van der Waals surface area contributed by atoms with Crippen LogP contribution in [0.1, 0.15) is 89.5 Å². The average molecular weight is 333 g/mol. The van der Waals surface area contributed by atoms with Crippen LogP contribution >= 0.6 is 0 Å². The van der Waals surface area contributed by atoms with Gasteiger partial charge in [-0.05, 0) is 24.6 Å². The van der Waals surface area contributed by atoms with Gasteiger partial charge in [0.05, 0.1) is 6.61 Å². The Morgan fingerprint density at radius 2 is 1.42 bits per heavy atom. The Hall–Kier alpha value is -1.49. The largest absolute Gasteiger partial charge is 0.491 e. The molecule has 0 radical (unpaired) electrons. The summed E-state index contributed by atoms with van der Waals surface area (Å²) >= 11 is 0. The summed E-state index contributed by atoms with van der Waals surface area (Å²) in [7, 11) is 0. The third-order valence-electron chi connectivity index (χ3n) is 4.35. The summed E-state index contributed by atoms with van der Waals surface area (Å²) in [4.78, 5) is 0. The Morgan fingerprint density at radius 3 is 1.92 bits per heavy atom. The maximum atomic E-state index is 13.7. The van der Waals surface area contributed by atoms with E-state index in [2.05, 4.69) is 12.8 Å². The van der Waals surface area contributed by atoms with Gasteiger partial charge in [-0.1, -0.05) is 83.5 Å². The Morgan fingerprint density at radius 1 is 0.875 bits per heavy atom. The molecule has 1 nitrogen and oxygen atoms in total. The molecule has 0 fully saturated rings. The first kappa shape index (κ1) is 20.6. The van der Waals surface area contributed by atoms with E-state index in [0.29, 0.717) is 17.9 Å². The highest BCUT2D eigenvalue weighted by Gasteiger charge is 2.03. The molecule has 24 heavy (non-hydrogen) atoms. The van der Waals surface area contributed by atoms with Crippen LogP contribution in [0.4, 0.5) is 4.39 Å². The number of rotatable bonds is 14. The van der Waals surface area contributed by atoms with Crippen molar-refractivity contribution in [2.24, 2.45) is 0 Å². The third kappa shape index (κ3) is 9.60.